The van der Waals surface area contributed by atoms with Gasteiger partial charge in [-0.1, -0.05) is 0 Å². The van der Waals surface area contributed by atoms with Gasteiger partial charge < -0.3 is 35.1 Å². The summed E-state index contributed by atoms with van der Waals surface area (Å²) in [6.07, 6.45) is 0. The molecule has 0 aliphatic rings. The van der Waals surface area contributed by atoms with Crippen molar-refractivity contribution in [2.75, 3.05) is 19.8 Å². The third-order valence-electron chi connectivity index (χ3n) is 1.27. The molecule has 19 heavy (non-hydrogen) atoms. The molecule has 0 saturated carbocycles. The summed E-state index contributed by atoms with van der Waals surface area (Å²) in [6, 6.07) is 0. The van der Waals surface area contributed by atoms with Crippen LogP contribution in [0.1, 0.15) is 13.8 Å². The molecule has 0 aromatic heterocycles. The van der Waals surface area contributed by atoms with E-state index in [4.69, 9.17) is 35.1 Å². The normalized spacial score (nSPS) is 8.68. The van der Waals surface area contributed by atoms with Crippen molar-refractivity contribution in [1.82, 2.24) is 0 Å². The van der Waals surface area contributed by atoms with Gasteiger partial charge in [-0.05, 0) is 13.8 Å². The molecule has 0 heterocycles. The molecule has 0 aliphatic carbocycles. The third kappa shape index (κ3) is 19.3. The first-order valence-electron chi connectivity index (χ1n) is 4.41. The molecule has 3 N–H and O–H groups in total. The minimum absolute atomic E-state index is 0. The Morgan fingerprint density at radius 3 is 1.16 bits per heavy atom. The van der Waals surface area contributed by atoms with Crippen LogP contribution in [0.4, 0.5) is 0 Å². The molecule has 0 unspecified atom stereocenters. The number of rotatable bonds is 4. The van der Waals surface area contributed by atoms with E-state index in [9.17, 15) is 10.1 Å². The average Bonchev–Trinajstić information content (AvgIpc) is 2.19. The first-order chi connectivity index (χ1) is 8.09. The molecule has 10 nitrogen and oxygen atoms in total. The maximum absolute atomic E-state index is 10.0. The van der Waals surface area contributed by atoms with Crippen molar-refractivity contribution in [3.63, 3.8) is 0 Å². The van der Waals surface area contributed by atoms with Gasteiger partial charge in [-0.15, -0.1) is 0 Å². The molecule has 0 aromatic rings. The summed E-state index contributed by atoms with van der Waals surface area (Å²) in [6.45, 7) is -0.660. The smallest absolute Gasteiger partial charge is 0.550 e. The Morgan fingerprint density at radius 2 is 1.16 bits per heavy atom. The zero-order valence-electron chi connectivity index (χ0n) is 10.2. The van der Waals surface area contributed by atoms with Gasteiger partial charge >= 0.3 is 17.1 Å². The van der Waals surface area contributed by atoms with Crippen LogP contribution in [-0.2, 0) is 26.7 Å². The maximum atomic E-state index is 10.0. The van der Waals surface area contributed by atoms with Gasteiger partial charge in [-0.2, -0.15) is 0 Å². The number of aliphatic carboxylic acids is 2. The number of aliphatic hydroxyl groups is 3. The summed E-state index contributed by atoms with van der Waals surface area (Å²) in [5.41, 5.74) is -1.99. The Labute approximate surface area is 119 Å². The zero-order valence-corrected chi connectivity index (χ0v) is 11.3. The van der Waals surface area contributed by atoms with Crippen LogP contribution < -0.4 is 10.2 Å². The Bertz CT molecular complexity index is 239. The van der Waals surface area contributed by atoms with Gasteiger partial charge in [0.05, 0.1) is 0 Å². The van der Waals surface area contributed by atoms with Crippen molar-refractivity contribution in [3.8, 4) is 0 Å². The number of aliphatic hydroxyl groups excluding tert-OH is 3. The van der Waals surface area contributed by atoms with Gasteiger partial charge in [-0.3, -0.25) is 10.1 Å². The molecular formula is C8H15FeNO9. The molecule has 0 saturated heterocycles. The fraction of sp³-hybridized carbons (Fsp3) is 0.750. The molecular weight excluding hydrogens is 310 g/mol. The molecule has 0 bridgehead atoms. The third-order valence-corrected chi connectivity index (χ3v) is 1.27. The number of carboxylic acid groups (broad SMARTS) is 2. The number of hydrogen-bond donors (Lipinski definition) is 3. The maximum Gasteiger partial charge on any atom is 2.00 e. The predicted octanol–water partition coefficient (Wildman–Crippen LogP) is -4.51. The molecule has 11 heteroatoms. The molecule has 114 valence electrons. The van der Waals surface area contributed by atoms with Crippen molar-refractivity contribution >= 4 is 11.9 Å². The number of hydrogen-bond acceptors (Lipinski definition) is 9. The van der Waals surface area contributed by atoms with Crippen LogP contribution in [0.5, 0.6) is 0 Å². The molecule has 0 atom stereocenters. The zero-order chi connectivity index (χ0) is 15.4. The number of carboxylic acids is 2. The van der Waals surface area contributed by atoms with Crippen LogP contribution in [0.3, 0.4) is 0 Å². The van der Waals surface area contributed by atoms with Crippen LogP contribution in [0, 0.1) is 10.1 Å². The molecule has 0 radical (unpaired) electrons. The van der Waals surface area contributed by atoms with Crippen LogP contribution in [0.25, 0.3) is 0 Å². The van der Waals surface area contributed by atoms with Gasteiger partial charge in [0, 0.05) is 16.9 Å². The average molecular weight is 325 g/mol. The van der Waals surface area contributed by atoms with Crippen molar-refractivity contribution in [2.24, 2.45) is 0 Å². The number of carbonyl (C=O) groups excluding carboxylic acids is 2. The number of nitro groups is 1. The number of nitrogens with zero attached hydrogens (tertiary/aromatic N) is 1. The quantitative estimate of drug-likeness (QED) is 0.260. The summed E-state index contributed by atoms with van der Waals surface area (Å²) < 4.78 is 0. The summed E-state index contributed by atoms with van der Waals surface area (Å²) in [5.74, 6) is -2.17. The molecule has 0 amide bonds. The molecule has 0 spiro atoms. The topological polar surface area (TPSA) is 184 Å². The van der Waals surface area contributed by atoms with Crippen LogP contribution in [0.2, 0.25) is 0 Å². The Kier molecular flexibility index (Phi) is 20.5. The van der Waals surface area contributed by atoms with Crippen LogP contribution >= 0.6 is 0 Å². The van der Waals surface area contributed by atoms with E-state index in [0.29, 0.717) is 0 Å². The van der Waals surface area contributed by atoms with Crippen LogP contribution in [-0.4, -0.2) is 57.5 Å². The minimum atomic E-state index is -1.99. The van der Waals surface area contributed by atoms with E-state index in [2.05, 4.69) is 0 Å². The molecule has 0 fully saturated rings. The molecule has 0 rings (SSSR count). The second kappa shape index (κ2) is 14.8. The van der Waals surface area contributed by atoms with Crippen molar-refractivity contribution in [3.05, 3.63) is 10.1 Å². The fourth-order valence-electron chi connectivity index (χ4n) is 0.323. The first kappa shape index (κ1) is 26.3. The second-order valence-electron chi connectivity index (χ2n) is 2.94. The summed E-state index contributed by atoms with van der Waals surface area (Å²) in [5, 5.41) is 53.0. The fourth-order valence-corrected chi connectivity index (χ4v) is 0.323. The summed E-state index contributed by atoms with van der Waals surface area (Å²) >= 11 is 0. The Morgan fingerprint density at radius 1 is 1.00 bits per heavy atom. The Hall–Kier alpha value is -1.26. The van der Waals surface area contributed by atoms with Crippen molar-refractivity contribution in [1.29, 1.82) is 0 Å². The van der Waals surface area contributed by atoms with Gasteiger partial charge in [0.15, 0.2) is 0 Å². The van der Waals surface area contributed by atoms with Gasteiger partial charge in [0.2, 0.25) is 0 Å². The molecule has 0 aliphatic heterocycles. The first-order valence-corrected chi connectivity index (χ1v) is 4.41. The van der Waals surface area contributed by atoms with Gasteiger partial charge in [0.25, 0.3) is 5.54 Å². The monoisotopic (exact) mass is 325 g/mol. The van der Waals surface area contributed by atoms with E-state index in [0.717, 1.165) is 13.8 Å². The predicted molar refractivity (Wildman–Crippen MR) is 52.3 cm³/mol. The molecule has 0 aromatic carbocycles. The van der Waals surface area contributed by atoms with Crippen LogP contribution in [0.15, 0.2) is 0 Å². The Balaban J connectivity index is -0.000000105. The minimum Gasteiger partial charge on any atom is -0.550 e. The van der Waals surface area contributed by atoms with E-state index in [-0.39, 0.29) is 17.1 Å². The van der Waals surface area contributed by atoms with E-state index in [1.54, 1.807) is 0 Å². The van der Waals surface area contributed by atoms with Crippen molar-refractivity contribution < 1.29 is 57.1 Å². The van der Waals surface area contributed by atoms with Crippen molar-refractivity contribution in [2.45, 2.75) is 19.4 Å². The van der Waals surface area contributed by atoms with Gasteiger partial charge in [0.1, 0.15) is 19.8 Å². The second-order valence-corrected chi connectivity index (χ2v) is 2.94. The summed E-state index contributed by atoms with van der Waals surface area (Å²) in [7, 11) is 0. The van der Waals surface area contributed by atoms with E-state index >= 15 is 0 Å². The largest absolute Gasteiger partial charge is 2.00 e. The SMILES string of the molecule is CC(=O)[O-].CC(=O)[O-].O=[N+]([O-])C(CO)(CO)CO.[Fe+2]. The van der Waals surface area contributed by atoms with E-state index in [1.807, 2.05) is 0 Å². The summed E-state index contributed by atoms with van der Waals surface area (Å²) in [4.78, 5) is 26.9. The van der Waals surface area contributed by atoms with E-state index in [1.165, 1.54) is 0 Å². The van der Waals surface area contributed by atoms with Gasteiger partial charge in [-0.25, -0.2) is 0 Å². The van der Waals surface area contributed by atoms with E-state index < -0.39 is 42.2 Å². The standard InChI is InChI=1S/C4H9NO5.2C2H4O2.Fe/c6-1-4(2-7,3-8)5(9)10;2*1-2(3)4;/h6-8H,1-3H2;2*1H3,(H,3,4);/q;;;+2/p-2. The number of carbonyl (C=O) groups is 2.